The fraction of sp³-hybridized carbons (Fsp3) is 0.500. The van der Waals surface area contributed by atoms with E-state index < -0.39 is 0 Å². The molecule has 0 N–H and O–H groups in total. The summed E-state index contributed by atoms with van der Waals surface area (Å²) < 4.78 is 0. The standard InChI is InChI=1S/C14H18ClNO/c1-11(13-5-3-2-4-6-13)14(17)16-8-7-12(9-15)10-16/h2-6,11-12H,7-10H2,1H3. The summed E-state index contributed by atoms with van der Waals surface area (Å²) >= 11 is 5.84. The minimum atomic E-state index is -0.0507. The van der Waals surface area contributed by atoms with Crippen LogP contribution in [0.2, 0.25) is 0 Å². The monoisotopic (exact) mass is 251 g/mol. The molecule has 92 valence electrons. The molecular weight excluding hydrogens is 234 g/mol. The summed E-state index contributed by atoms with van der Waals surface area (Å²) in [4.78, 5) is 14.2. The lowest BCUT2D eigenvalue weighted by molar-refractivity contribution is -0.131. The van der Waals surface area contributed by atoms with Crippen molar-refractivity contribution in [3.63, 3.8) is 0 Å². The van der Waals surface area contributed by atoms with Crippen molar-refractivity contribution in [2.24, 2.45) is 5.92 Å². The van der Waals surface area contributed by atoms with Crippen LogP contribution in [0.4, 0.5) is 0 Å². The molecule has 2 unspecified atom stereocenters. The zero-order valence-electron chi connectivity index (χ0n) is 10.1. The number of hydrogen-bond donors (Lipinski definition) is 0. The Kier molecular flexibility index (Phi) is 4.06. The van der Waals surface area contributed by atoms with Crippen molar-refractivity contribution in [3.05, 3.63) is 35.9 Å². The maximum absolute atomic E-state index is 12.3. The van der Waals surface area contributed by atoms with Gasteiger partial charge in [0.2, 0.25) is 5.91 Å². The van der Waals surface area contributed by atoms with Crippen molar-refractivity contribution < 1.29 is 4.79 Å². The molecule has 2 rings (SSSR count). The van der Waals surface area contributed by atoms with Gasteiger partial charge in [-0.05, 0) is 24.8 Å². The highest BCUT2D eigenvalue weighted by Gasteiger charge is 2.28. The summed E-state index contributed by atoms with van der Waals surface area (Å²) in [6, 6.07) is 9.95. The molecule has 1 aromatic rings. The molecule has 2 atom stereocenters. The zero-order valence-corrected chi connectivity index (χ0v) is 10.9. The van der Waals surface area contributed by atoms with E-state index in [0.717, 1.165) is 25.1 Å². The van der Waals surface area contributed by atoms with E-state index in [0.29, 0.717) is 11.8 Å². The highest BCUT2D eigenvalue weighted by Crippen LogP contribution is 2.23. The van der Waals surface area contributed by atoms with E-state index in [1.54, 1.807) is 0 Å². The van der Waals surface area contributed by atoms with Crippen LogP contribution < -0.4 is 0 Å². The first-order valence-corrected chi connectivity index (χ1v) is 6.65. The van der Waals surface area contributed by atoms with Crippen LogP contribution in [0.1, 0.15) is 24.8 Å². The summed E-state index contributed by atoms with van der Waals surface area (Å²) in [5, 5.41) is 0. The molecule has 0 bridgehead atoms. The van der Waals surface area contributed by atoms with Gasteiger partial charge in [0.05, 0.1) is 5.92 Å². The lowest BCUT2D eigenvalue weighted by atomic mass is 10.00. The molecule has 3 heteroatoms. The second kappa shape index (κ2) is 5.54. The molecule has 0 aromatic heterocycles. The second-order valence-corrected chi connectivity index (χ2v) is 5.03. The van der Waals surface area contributed by atoms with Crippen LogP contribution in [0.3, 0.4) is 0 Å². The van der Waals surface area contributed by atoms with E-state index in [2.05, 4.69) is 0 Å². The summed E-state index contributed by atoms with van der Waals surface area (Å²) in [5.41, 5.74) is 1.09. The fourth-order valence-corrected chi connectivity index (χ4v) is 2.57. The van der Waals surface area contributed by atoms with E-state index >= 15 is 0 Å². The largest absolute Gasteiger partial charge is 0.342 e. The minimum absolute atomic E-state index is 0.0507. The van der Waals surface area contributed by atoms with E-state index in [1.807, 2.05) is 42.2 Å². The summed E-state index contributed by atoms with van der Waals surface area (Å²) in [5.74, 6) is 1.31. The third-order valence-electron chi connectivity index (χ3n) is 3.49. The molecule has 1 fully saturated rings. The maximum Gasteiger partial charge on any atom is 0.229 e. The number of amides is 1. The van der Waals surface area contributed by atoms with Gasteiger partial charge in [0.25, 0.3) is 0 Å². The van der Waals surface area contributed by atoms with Crippen LogP contribution in [0, 0.1) is 5.92 Å². The number of carbonyl (C=O) groups is 1. The predicted octanol–water partition coefficient (Wildman–Crippen LogP) is 2.88. The Morgan fingerprint density at radius 1 is 1.47 bits per heavy atom. The molecule has 0 saturated carbocycles. The van der Waals surface area contributed by atoms with Gasteiger partial charge in [0.15, 0.2) is 0 Å². The molecule has 1 aliphatic heterocycles. The molecule has 1 heterocycles. The zero-order chi connectivity index (χ0) is 12.3. The first-order chi connectivity index (χ1) is 8.22. The van der Waals surface area contributed by atoms with Gasteiger partial charge in [0.1, 0.15) is 0 Å². The topological polar surface area (TPSA) is 20.3 Å². The van der Waals surface area contributed by atoms with Crippen molar-refractivity contribution in [1.29, 1.82) is 0 Å². The van der Waals surface area contributed by atoms with Gasteiger partial charge in [-0.2, -0.15) is 0 Å². The Labute approximate surface area is 108 Å². The van der Waals surface area contributed by atoms with Gasteiger partial charge in [-0.25, -0.2) is 0 Å². The van der Waals surface area contributed by atoms with E-state index in [-0.39, 0.29) is 11.8 Å². The Bertz CT molecular complexity index is 379. The van der Waals surface area contributed by atoms with Crippen molar-refractivity contribution in [1.82, 2.24) is 4.90 Å². The predicted molar refractivity (Wildman–Crippen MR) is 70.3 cm³/mol. The third kappa shape index (κ3) is 2.81. The molecule has 1 amide bonds. The average Bonchev–Trinajstić information content (AvgIpc) is 2.87. The SMILES string of the molecule is CC(C(=O)N1CCC(CCl)C1)c1ccccc1. The quantitative estimate of drug-likeness (QED) is 0.757. The second-order valence-electron chi connectivity index (χ2n) is 4.73. The molecule has 0 aliphatic carbocycles. The van der Waals surface area contributed by atoms with E-state index in [4.69, 9.17) is 11.6 Å². The molecule has 2 nitrogen and oxygen atoms in total. The average molecular weight is 252 g/mol. The molecule has 1 saturated heterocycles. The lowest BCUT2D eigenvalue weighted by Crippen LogP contribution is -2.32. The number of halogens is 1. The number of rotatable bonds is 3. The fourth-order valence-electron chi connectivity index (χ4n) is 2.32. The van der Waals surface area contributed by atoms with Gasteiger partial charge in [-0.3, -0.25) is 4.79 Å². The Morgan fingerprint density at radius 3 is 2.76 bits per heavy atom. The lowest BCUT2D eigenvalue weighted by Gasteiger charge is -2.21. The van der Waals surface area contributed by atoms with Crippen LogP contribution in [-0.2, 0) is 4.79 Å². The van der Waals surface area contributed by atoms with Crippen molar-refractivity contribution >= 4 is 17.5 Å². The van der Waals surface area contributed by atoms with Crippen LogP contribution >= 0.6 is 11.6 Å². The third-order valence-corrected chi connectivity index (χ3v) is 3.92. The van der Waals surface area contributed by atoms with Crippen molar-refractivity contribution in [2.45, 2.75) is 19.3 Å². The summed E-state index contributed by atoms with van der Waals surface area (Å²) in [6.45, 7) is 3.65. The number of benzene rings is 1. The molecular formula is C14H18ClNO. The Balaban J connectivity index is 2.01. The number of likely N-dealkylation sites (tertiary alicyclic amines) is 1. The van der Waals surface area contributed by atoms with Gasteiger partial charge in [-0.15, -0.1) is 11.6 Å². The number of hydrogen-bond acceptors (Lipinski definition) is 1. The van der Waals surface area contributed by atoms with Gasteiger partial charge in [-0.1, -0.05) is 30.3 Å². The minimum Gasteiger partial charge on any atom is -0.342 e. The maximum atomic E-state index is 12.3. The van der Waals surface area contributed by atoms with Crippen LogP contribution in [-0.4, -0.2) is 29.8 Å². The van der Waals surface area contributed by atoms with Crippen molar-refractivity contribution in [2.75, 3.05) is 19.0 Å². The Hall–Kier alpha value is -1.02. The summed E-state index contributed by atoms with van der Waals surface area (Å²) in [6.07, 6.45) is 1.04. The highest BCUT2D eigenvalue weighted by molar-refractivity contribution is 6.18. The number of carbonyl (C=O) groups excluding carboxylic acids is 1. The van der Waals surface area contributed by atoms with Gasteiger partial charge < -0.3 is 4.90 Å². The molecule has 1 aliphatic rings. The van der Waals surface area contributed by atoms with Crippen molar-refractivity contribution in [3.8, 4) is 0 Å². The molecule has 17 heavy (non-hydrogen) atoms. The smallest absolute Gasteiger partial charge is 0.229 e. The first-order valence-electron chi connectivity index (χ1n) is 6.12. The molecule has 0 spiro atoms. The first kappa shape index (κ1) is 12.4. The Morgan fingerprint density at radius 2 is 2.18 bits per heavy atom. The molecule has 0 radical (unpaired) electrons. The summed E-state index contributed by atoms with van der Waals surface area (Å²) in [7, 11) is 0. The normalized spacial score (nSPS) is 21.5. The van der Waals surface area contributed by atoms with E-state index in [1.165, 1.54) is 0 Å². The van der Waals surface area contributed by atoms with Crippen LogP contribution in [0.5, 0.6) is 0 Å². The van der Waals surface area contributed by atoms with Crippen LogP contribution in [0.25, 0.3) is 0 Å². The van der Waals surface area contributed by atoms with Gasteiger partial charge in [0, 0.05) is 19.0 Å². The van der Waals surface area contributed by atoms with E-state index in [9.17, 15) is 4.79 Å². The number of nitrogens with zero attached hydrogens (tertiary/aromatic N) is 1. The van der Waals surface area contributed by atoms with Crippen LogP contribution in [0.15, 0.2) is 30.3 Å². The van der Waals surface area contributed by atoms with Gasteiger partial charge >= 0.3 is 0 Å². The highest BCUT2D eigenvalue weighted by atomic mass is 35.5. The number of alkyl halides is 1. The molecule has 1 aromatic carbocycles.